The van der Waals surface area contributed by atoms with E-state index in [0.29, 0.717) is 12.1 Å². The van der Waals surface area contributed by atoms with Crippen molar-refractivity contribution in [1.82, 2.24) is 9.78 Å². The molecule has 1 heterocycles. The number of alkyl halides is 3. The van der Waals surface area contributed by atoms with Gasteiger partial charge in [0.1, 0.15) is 6.10 Å². The summed E-state index contributed by atoms with van der Waals surface area (Å²) in [6.07, 6.45) is 1.79. The average Bonchev–Trinajstić information content (AvgIpc) is 3.26. The van der Waals surface area contributed by atoms with Crippen molar-refractivity contribution in [3.63, 3.8) is 0 Å². The molecule has 29 heavy (non-hydrogen) atoms. The van der Waals surface area contributed by atoms with Crippen LogP contribution in [0.15, 0.2) is 30.6 Å². The molecular weight excluding hydrogens is 389 g/mol. The number of aromatic nitrogens is 2. The standard InChI is InChI=1S/C17H20N4O.C2HF3O2/c1-12-5-6-13(7-14(12)8-18)10-21-11-15(9-20-21)22-17-4-2-3-16(17)19;3-2(4,5)1(6)7/h5-7,9,11,16-17H,2-4,10,19H2,1H3;(H,6,7)/t16-,17+;/m0./s1. The molecule has 0 saturated heterocycles. The van der Waals surface area contributed by atoms with Crippen LogP contribution >= 0.6 is 0 Å². The fourth-order valence-electron chi connectivity index (χ4n) is 2.84. The van der Waals surface area contributed by atoms with Crippen LogP contribution in [-0.2, 0) is 11.3 Å². The van der Waals surface area contributed by atoms with Gasteiger partial charge in [-0.05, 0) is 43.4 Å². The molecule has 1 aliphatic rings. The Balaban J connectivity index is 0.000000370. The van der Waals surface area contributed by atoms with E-state index in [2.05, 4.69) is 11.2 Å². The van der Waals surface area contributed by atoms with Gasteiger partial charge in [-0.3, -0.25) is 4.68 Å². The van der Waals surface area contributed by atoms with Gasteiger partial charge >= 0.3 is 12.1 Å². The lowest BCUT2D eigenvalue weighted by molar-refractivity contribution is -0.192. The summed E-state index contributed by atoms with van der Waals surface area (Å²) in [6.45, 7) is 2.56. The molecule has 0 aliphatic heterocycles. The topological polar surface area (TPSA) is 114 Å². The van der Waals surface area contributed by atoms with E-state index in [9.17, 15) is 13.2 Å². The minimum absolute atomic E-state index is 0.0993. The number of rotatable bonds is 4. The van der Waals surface area contributed by atoms with E-state index in [1.807, 2.05) is 36.0 Å². The number of aliphatic carboxylic acids is 1. The van der Waals surface area contributed by atoms with Gasteiger partial charge in [-0.25, -0.2) is 4.79 Å². The van der Waals surface area contributed by atoms with E-state index in [1.54, 1.807) is 6.20 Å². The van der Waals surface area contributed by atoms with Gasteiger partial charge in [-0.15, -0.1) is 0 Å². The highest BCUT2D eigenvalue weighted by Gasteiger charge is 2.38. The van der Waals surface area contributed by atoms with Crippen LogP contribution < -0.4 is 10.5 Å². The number of nitrogens with zero attached hydrogens (tertiary/aromatic N) is 3. The zero-order chi connectivity index (χ0) is 21.6. The molecule has 7 nitrogen and oxygen atoms in total. The van der Waals surface area contributed by atoms with Gasteiger partial charge in [-0.1, -0.05) is 12.1 Å². The first kappa shape index (κ1) is 22.2. The number of hydrogen-bond acceptors (Lipinski definition) is 5. The quantitative estimate of drug-likeness (QED) is 0.801. The van der Waals surface area contributed by atoms with Gasteiger partial charge in [-0.2, -0.15) is 23.5 Å². The highest BCUT2D eigenvalue weighted by molar-refractivity contribution is 5.73. The zero-order valence-corrected chi connectivity index (χ0v) is 15.7. The number of benzene rings is 1. The Morgan fingerprint density at radius 2 is 2.14 bits per heavy atom. The van der Waals surface area contributed by atoms with Crippen LogP contribution in [0.1, 0.15) is 36.0 Å². The molecule has 156 valence electrons. The van der Waals surface area contributed by atoms with Gasteiger partial charge in [0.25, 0.3) is 0 Å². The van der Waals surface area contributed by atoms with Crippen LogP contribution in [0.2, 0.25) is 0 Å². The highest BCUT2D eigenvalue weighted by atomic mass is 19.4. The number of carboxylic acid groups (broad SMARTS) is 1. The summed E-state index contributed by atoms with van der Waals surface area (Å²) in [5, 5.41) is 20.5. The van der Waals surface area contributed by atoms with Crippen molar-refractivity contribution < 1.29 is 27.8 Å². The second-order valence-electron chi connectivity index (χ2n) is 6.69. The highest BCUT2D eigenvalue weighted by Crippen LogP contribution is 2.23. The molecule has 3 rings (SSSR count). The lowest BCUT2D eigenvalue weighted by Crippen LogP contribution is -2.33. The van der Waals surface area contributed by atoms with Crippen molar-refractivity contribution in [3.8, 4) is 11.8 Å². The molecule has 1 aromatic heterocycles. The van der Waals surface area contributed by atoms with Crippen molar-refractivity contribution >= 4 is 5.97 Å². The zero-order valence-electron chi connectivity index (χ0n) is 15.7. The maximum absolute atomic E-state index is 10.6. The lowest BCUT2D eigenvalue weighted by Gasteiger charge is -2.15. The number of ether oxygens (including phenoxy) is 1. The first-order valence-electron chi connectivity index (χ1n) is 8.84. The number of nitrogens with two attached hydrogens (primary N) is 1. The van der Waals surface area contributed by atoms with Crippen molar-refractivity contribution in [1.29, 1.82) is 5.26 Å². The van der Waals surface area contributed by atoms with Crippen molar-refractivity contribution in [2.45, 2.75) is 51.1 Å². The van der Waals surface area contributed by atoms with Crippen LogP contribution in [0.5, 0.6) is 5.75 Å². The first-order chi connectivity index (χ1) is 13.6. The van der Waals surface area contributed by atoms with Crippen LogP contribution in [0.25, 0.3) is 0 Å². The molecule has 2 atom stereocenters. The van der Waals surface area contributed by atoms with E-state index < -0.39 is 12.1 Å². The molecule has 1 aromatic carbocycles. The van der Waals surface area contributed by atoms with E-state index in [1.165, 1.54) is 0 Å². The third-order valence-electron chi connectivity index (χ3n) is 4.41. The summed E-state index contributed by atoms with van der Waals surface area (Å²) in [4.78, 5) is 8.90. The summed E-state index contributed by atoms with van der Waals surface area (Å²) in [5.74, 6) is -2.00. The Morgan fingerprint density at radius 1 is 1.45 bits per heavy atom. The van der Waals surface area contributed by atoms with Gasteiger partial charge in [0.15, 0.2) is 5.75 Å². The third kappa shape index (κ3) is 6.50. The van der Waals surface area contributed by atoms with E-state index in [-0.39, 0.29) is 12.1 Å². The minimum Gasteiger partial charge on any atom is -0.486 e. The number of aryl methyl sites for hydroxylation is 1. The van der Waals surface area contributed by atoms with Gasteiger partial charge in [0.05, 0.1) is 30.6 Å². The molecule has 1 saturated carbocycles. The van der Waals surface area contributed by atoms with Gasteiger partial charge in [0.2, 0.25) is 0 Å². The predicted octanol–water partition coefficient (Wildman–Crippen LogP) is 3.00. The average molecular weight is 410 g/mol. The van der Waals surface area contributed by atoms with Gasteiger partial charge in [0, 0.05) is 6.04 Å². The molecule has 0 radical (unpaired) electrons. The second kappa shape index (κ2) is 9.43. The lowest BCUT2D eigenvalue weighted by atomic mass is 10.1. The summed E-state index contributed by atoms with van der Waals surface area (Å²) >= 11 is 0. The largest absolute Gasteiger partial charge is 0.490 e. The molecule has 0 unspecified atom stereocenters. The maximum atomic E-state index is 10.6. The van der Waals surface area contributed by atoms with Crippen LogP contribution in [0.4, 0.5) is 13.2 Å². The fraction of sp³-hybridized carbons (Fsp3) is 0.421. The Labute approximate surface area is 165 Å². The first-order valence-corrected chi connectivity index (χ1v) is 8.84. The third-order valence-corrected chi connectivity index (χ3v) is 4.41. The molecular formula is C19H21F3N4O3. The van der Waals surface area contributed by atoms with Crippen LogP contribution in [-0.4, -0.2) is 39.2 Å². The minimum atomic E-state index is -5.08. The second-order valence-corrected chi connectivity index (χ2v) is 6.69. The summed E-state index contributed by atoms with van der Waals surface area (Å²) < 4.78 is 39.5. The number of nitriles is 1. The fourth-order valence-corrected chi connectivity index (χ4v) is 2.84. The van der Waals surface area contributed by atoms with E-state index >= 15 is 0 Å². The van der Waals surface area contributed by atoms with Crippen molar-refractivity contribution in [2.24, 2.45) is 5.73 Å². The molecule has 0 spiro atoms. The monoisotopic (exact) mass is 410 g/mol. The Hall–Kier alpha value is -3.06. The van der Waals surface area contributed by atoms with Crippen LogP contribution in [0, 0.1) is 18.3 Å². The van der Waals surface area contributed by atoms with E-state index in [4.69, 9.17) is 25.6 Å². The molecule has 2 aromatic rings. The normalized spacial score (nSPS) is 18.5. The SMILES string of the molecule is Cc1ccc(Cn2cc(O[C@@H]3CCC[C@@H]3N)cn2)cc1C#N.O=C(O)C(F)(F)F. The molecule has 1 aliphatic carbocycles. The predicted molar refractivity (Wildman–Crippen MR) is 97.2 cm³/mol. The smallest absolute Gasteiger partial charge is 0.486 e. The number of carbonyl (C=O) groups is 1. The molecule has 3 N–H and O–H groups in total. The summed E-state index contributed by atoms with van der Waals surface area (Å²) in [5.41, 5.74) is 8.77. The molecule has 0 amide bonds. The molecule has 0 bridgehead atoms. The number of halogens is 3. The Morgan fingerprint density at radius 3 is 2.69 bits per heavy atom. The summed E-state index contributed by atoms with van der Waals surface area (Å²) in [6, 6.07) is 8.23. The van der Waals surface area contributed by atoms with Crippen molar-refractivity contribution in [2.75, 3.05) is 0 Å². The van der Waals surface area contributed by atoms with Crippen molar-refractivity contribution in [3.05, 3.63) is 47.3 Å². The van der Waals surface area contributed by atoms with Gasteiger partial charge < -0.3 is 15.6 Å². The molecule has 1 fully saturated rings. The Kier molecular flexibility index (Phi) is 7.23. The molecule has 10 heteroatoms. The van der Waals surface area contributed by atoms with Crippen LogP contribution in [0.3, 0.4) is 0 Å². The Bertz CT molecular complexity index is 890. The summed E-state index contributed by atoms with van der Waals surface area (Å²) in [7, 11) is 0. The van der Waals surface area contributed by atoms with E-state index in [0.717, 1.165) is 36.1 Å². The number of hydrogen-bond donors (Lipinski definition) is 2. The maximum Gasteiger partial charge on any atom is 0.490 e. The number of carboxylic acids is 1.